The molecule has 0 heterocycles. The number of nitrogens with one attached hydrogen (secondary N) is 3. The molecule has 0 fully saturated rings. The van der Waals surface area contributed by atoms with Crippen molar-refractivity contribution < 1.29 is 4.74 Å². The zero-order valence-electron chi connectivity index (χ0n) is 22.4. The van der Waals surface area contributed by atoms with E-state index in [-0.39, 0.29) is 6.67 Å². The zero-order valence-corrected chi connectivity index (χ0v) is 22.4. The highest BCUT2D eigenvalue weighted by molar-refractivity contribution is 6.30. The standard InChI is InChI=1S/C28H38N8O/c1-9-20(2)34-25-16-26(28(37-8)17-27(25)36(7)35(5)6)33-19-32-24(14-15-30-3)22(18-29)21-12-10-11-13-23(21)31-4/h9-18,31,33-34H,1-3,19,29H2,4-8H3/b15-14-,22-18+,32-24?. The van der Waals surface area contributed by atoms with Crippen molar-refractivity contribution in [1.29, 1.82) is 0 Å². The molecule has 9 heteroatoms. The molecule has 0 unspecified atom stereocenters. The van der Waals surface area contributed by atoms with Gasteiger partial charge in [0.15, 0.2) is 0 Å². The van der Waals surface area contributed by atoms with E-state index in [2.05, 4.69) is 40.8 Å². The Balaban J connectivity index is 2.47. The quantitative estimate of drug-likeness (QED) is 0.167. The topological polar surface area (TPSA) is 103 Å². The molecular weight excluding hydrogens is 464 g/mol. The predicted octanol–water partition coefficient (Wildman–Crippen LogP) is 4.79. The van der Waals surface area contributed by atoms with Crippen LogP contribution in [-0.2, 0) is 0 Å². The van der Waals surface area contributed by atoms with Gasteiger partial charge >= 0.3 is 0 Å². The average Bonchev–Trinajstić information content (AvgIpc) is 2.91. The first-order chi connectivity index (χ1) is 17.8. The maximum atomic E-state index is 6.05. The Morgan fingerprint density at radius 2 is 1.86 bits per heavy atom. The minimum absolute atomic E-state index is 0.247. The molecule has 9 nitrogen and oxygen atoms in total. The van der Waals surface area contributed by atoms with Crippen molar-refractivity contribution in [3.05, 3.63) is 85.4 Å². The Hall–Kier alpha value is -4.50. The van der Waals surface area contributed by atoms with Gasteiger partial charge in [-0.3, -0.25) is 9.98 Å². The lowest BCUT2D eigenvalue weighted by molar-refractivity contribution is 0.394. The zero-order chi connectivity index (χ0) is 27.4. The number of hydrazine groups is 1. The molecule has 0 spiro atoms. The first-order valence-electron chi connectivity index (χ1n) is 11.6. The predicted molar refractivity (Wildman–Crippen MR) is 161 cm³/mol. The van der Waals surface area contributed by atoms with E-state index in [1.54, 1.807) is 25.5 Å². The number of para-hydroxylation sites is 1. The van der Waals surface area contributed by atoms with Crippen LogP contribution in [0.5, 0.6) is 5.75 Å². The van der Waals surface area contributed by atoms with Crippen molar-refractivity contribution >= 4 is 40.8 Å². The smallest absolute Gasteiger partial charge is 0.144 e. The van der Waals surface area contributed by atoms with Gasteiger partial charge in [0.2, 0.25) is 0 Å². The van der Waals surface area contributed by atoms with Crippen LogP contribution in [-0.4, -0.2) is 59.4 Å². The first kappa shape index (κ1) is 28.7. The Morgan fingerprint density at radius 3 is 2.46 bits per heavy atom. The Bertz CT molecular complexity index is 1200. The number of allylic oxidation sites excluding steroid dienone is 3. The molecule has 0 radical (unpaired) electrons. The van der Waals surface area contributed by atoms with Gasteiger partial charge < -0.3 is 31.4 Å². The van der Waals surface area contributed by atoms with E-state index in [0.29, 0.717) is 17.2 Å². The third-order valence-electron chi connectivity index (χ3n) is 5.59. The van der Waals surface area contributed by atoms with E-state index >= 15 is 0 Å². The highest BCUT2D eigenvalue weighted by Crippen LogP contribution is 2.37. The summed E-state index contributed by atoms with van der Waals surface area (Å²) >= 11 is 0. The van der Waals surface area contributed by atoms with Gasteiger partial charge in [-0.25, -0.2) is 5.01 Å². The fourth-order valence-corrected chi connectivity index (χ4v) is 3.49. The molecule has 196 valence electrons. The van der Waals surface area contributed by atoms with Crippen LogP contribution in [0.25, 0.3) is 5.57 Å². The third kappa shape index (κ3) is 7.49. The van der Waals surface area contributed by atoms with E-state index in [1.165, 1.54) is 6.20 Å². The summed E-state index contributed by atoms with van der Waals surface area (Å²) in [6.45, 7) is 11.6. The van der Waals surface area contributed by atoms with E-state index in [4.69, 9.17) is 15.5 Å². The summed E-state index contributed by atoms with van der Waals surface area (Å²) in [7, 11) is 9.38. The molecule has 0 amide bonds. The number of hydrogen-bond acceptors (Lipinski definition) is 9. The monoisotopic (exact) mass is 502 g/mol. The Kier molecular flexibility index (Phi) is 11.0. The van der Waals surface area contributed by atoms with E-state index < -0.39 is 0 Å². The molecule has 2 rings (SSSR count). The Labute approximate surface area is 220 Å². The van der Waals surface area contributed by atoms with Crippen molar-refractivity contribution in [2.24, 2.45) is 15.7 Å². The number of hydrogen-bond donors (Lipinski definition) is 4. The van der Waals surface area contributed by atoms with Crippen LogP contribution in [0, 0.1) is 0 Å². The van der Waals surface area contributed by atoms with Gasteiger partial charge in [0.1, 0.15) is 12.4 Å². The van der Waals surface area contributed by atoms with E-state index in [0.717, 1.165) is 33.9 Å². The van der Waals surface area contributed by atoms with Crippen LogP contribution in [0.2, 0.25) is 0 Å². The maximum Gasteiger partial charge on any atom is 0.144 e. The number of aliphatic imine (C=N–C) groups is 2. The maximum absolute atomic E-state index is 6.05. The Morgan fingerprint density at radius 1 is 1.14 bits per heavy atom. The summed E-state index contributed by atoms with van der Waals surface area (Å²) in [6, 6.07) is 11.8. The molecule has 0 aliphatic carbocycles. The molecule has 2 aromatic carbocycles. The molecule has 0 atom stereocenters. The van der Waals surface area contributed by atoms with Crippen molar-refractivity contribution in [1.82, 2.24) is 5.01 Å². The average molecular weight is 503 g/mol. The minimum Gasteiger partial charge on any atom is -0.495 e. The number of nitrogens with zero attached hydrogens (tertiary/aromatic N) is 4. The van der Waals surface area contributed by atoms with Gasteiger partial charge in [-0.2, -0.15) is 0 Å². The lowest BCUT2D eigenvalue weighted by atomic mass is 10.00. The van der Waals surface area contributed by atoms with E-state index in [9.17, 15) is 0 Å². The van der Waals surface area contributed by atoms with Crippen LogP contribution in [0.4, 0.5) is 22.7 Å². The highest BCUT2D eigenvalue weighted by atomic mass is 16.5. The minimum atomic E-state index is 0.247. The third-order valence-corrected chi connectivity index (χ3v) is 5.59. The SMILES string of the molecule is C=CC(=C)Nc1cc(NCN=C(/C=C\N=C)/C(=C/N)c2ccccc2NC)c(OC)cc1N(C)N(C)C. The normalized spacial score (nSPS) is 11.8. The number of rotatable bonds is 14. The van der Waals surface area contributed by atoms with Gasteiger partial charge in [0.25, 0.3) is 0 Å². The van der Waals surface area contributed by atoms with E-state index in [1.807, 2.05) is 74.6 Å². The molecule has 37 heavy (non-hydrogen) atoms. The van der Waals surface area contributed by atoms with Crippen LogP contribution in [0.3, 0.4) is 0 Å². The molecule has 0 aliphatic heterocycles. The second-order valence-electron chi connectivity index (χ2n) is 8.05. The van der Waals surface area contributed by atoms with Crippen molar-refractivity contribution in [3.8, 4) is 5.75 Å². The second kappa shape index (κ2) is 14.2. The van der Waals surface area contributed by atoms with Gasteiger partial charge in [0, 0.05) is 69.2 Å². The van der Waals surface area contributed by atoms with Crippen LogP contribution >= 0.6 is 0 Å². The molecule has 2 aromatic rings. The van der Waals surface area contributed by atoms with Gasteiger partial charge in [0.05, 0.1) is 29.9 Å². The summed E-state index contributed by atoms with van der Waals surface area (Å²) in [5.41, 5.74) is 12.5. The van der Waals surface area contributed by atoms with Crippen LogP contribution in [0.1, 0.15) is 5.56 Å². The molecule has 0 aliphatic rings. The first-order valence-corrected chi connectivity index (χ1v) is 11.6. The number of ether oxygens (including phenoxy) is 1. The fourth-order valence-electron chi connectivity index (χ4n) is 3.49. The van der Waals surface area contributed by atoms with Crippen LogP contribution in [0.15, 0.2) is 89.8 Å². The van der Waals surface area contributed by atoms with Gasteiger partial charge in [-0.05, 0) is 31.0 Å². The largest absolute Gasteiger partial charge is 0.495 e. The molecule has 0 saturated heterocycles. The molecular formula is C28H38N8O. The van der Waals surface area contributed by atoms with Crippen molar-refractivity contribution in [3.63, 3.8) is 0 Å². The highest BCUT2D eigenvalue weighted by Gasteiger charge is 2.16. The number of anilines is 4. The molecule has 0 bridgehead atoms. The fraction of sp³-hybridized carbons (Fsp3) is 0.214. The molecule has 5 N–H and O–H groups in total. The van der Waals surface area contributed by atoms with Gasteiger partial charge in [-0.1, -0.05) is 31.4 Å². The molecule has 0 saturated carbocycles. The van der Waals surface area contributed by atoms with Crippen molar-refractivity contribution in [2.75, 3.05) is 62.9 Å². The van der Waals surface area contributed by atoms with Crippen molar-refractivity contribution in [2.45, 2.75) is 0 Å². The summed E-state index contributed by atoms with van der Waals surface area (Å²) in [5, 5.41) is 13.8. The summed E-state index contributed by atoms with van der Waals surface area (Å²) in [4.78, 5) is 8.61. The second-order valence-corrected chi connectivity index (χ2v) is 8.05. The number of methoxy groups -OCH3 is 1. The summed E-state index contributed by atoms with van der Waals surface area (Å²) in [5.74, 6) is 0.661. The number of nitrogens with two attached hydrogens (primary N) is 1. The number of benzene rings is 2. The summed E-state index contributed by atoms with van der Waals surface area (Å²) < 4.78 is 5.69. The lowest BCUT2D eigenvalue weighted by Crippen LogP contribution is -2.33. The van der Waals surface area contributed by atoms with Crippen LogP contribution < -0.4 is 31.4 Å². The lowest BCUT2D eigenvalue weighted by Gasteiger charge is -2.30. The summed E-state index contributed by atoms with van der Waals surface area (Å²) in [6.07, 6.45) is 6.56. The molecule has 0 aromatic heterocycles. The van der Waals surface area contributed by atoms with Gasteiger partial charge in [-0.15, -0.1) is 0 Å².